The van der Waals surface area contributed by atoms with Crippen molar-refractivity contribution in [1.82, 2.24) is 9.88 Å². The van der Waals surface area contributed by atoms with Crippen molar-refractivity contribution >= 4 is 38.8 Å². The van der Waals surface area contributed by atoms with Gasteiger partial charge in [-0.2, -0.15) is 0 Å². The number of methoxy groups -OCH3 is 1. The van der Waals surface area contributed by atoms with Crippen molar-refractivity contribution in [1.29, 1.82) is 0 Å². The van der Waals surface area contributed by atoms with E-state index in [9.17, 15) is 9.18 Å². The van der Waals surface area contributed by atoms with E-state index >= 15 is 0 Å². The monoisotopic (exact) mass is 538 g/mol. The number of carbonyl (C=O) groups is 1. The van der Waals surface area contributed by atoms with Crippen LogP contribution < -0.4 is 15.4 Å². The molecule has 0 spiro atoms. The minimum atomic E-state index is -0.252. The van der Waals surface area contributed by atoms with Crippen molar-refractivity contribution in [3.8, 4) is 28.1 Å². The quantitative estimate of drug-likeness (QED) is 0.283. The first kappa shape index (κ1) is 24.9. The SMILES string of the molecule is COc1ccc(-c2cc(-c3ccccc3)nc3sc(C(=O)N4CCN(c5ccccc5F)CC4)c(N)c23)cc1. The Morgan fingerprint density at radius 1 is 0.923 bits per heavy atom. The van der Waals surface area contributed by atoms with E-state index in [1.807, 2.05) is 71.6 Å². The lowest BCUT2D eigenvalue weighted by molar-refractivity contribution is 0.0752. The number of anilines is 2. The van der Waals surface area contributed by atoms with Crippen LogP contribution in [0.5, 0.6) is 5.75 Å². The Morgan fingerprint density at radius 2 is 1.62 bits per heavy atom. The van der Waals surface area contributed by atoms with Crippen LogP contribution in [0.4, 0.5) is 15.8 Å². The molecule has 1 saturated heterocycles. The number of piperazine rings is 1. The van der Waals surface area contributed by atoms with Gasteiger partial charge in [-0.1, -0.05) is 54.6 Å². The number of para-hydroxylation sites is 1. The minimum absolute atomic E-state index is 0.120. The third kappa shape index (κ3) is 4.68. The highest BCUT2D eigenvalue weighted by molar-refractivity contribution is 7.21. The van der Waals surface area contributed by atoms with Crippen molar-refractivity contribution in [2.45, 2.75) is 0 Å². The number of hydrogen-bond acceptors (Lipinski definition) is 6. The third-order valence-electron chi connectivity index (χ3n) is 7.12. The molecule has 0 radical (unpaired) electrons. The first-order chi connectivity index (χ1) is 19.0. The Kier molecular flexibility index (Phi) is 6.62. The molecule has 8 heteroatoms. The summed E-state index contributed by atoms with van der Waals surface area (Å²) in [5.74, 6) is 0.388. The number of halogens is 1. The van der Waals surface area contributed by atoms with Gasteiger partial charge >= 0.3 is 0 Å². The highest BCUT2D eigenvalue weighted by atomic mass is 32.1. The molecule has 0 bridgehead atoms. The second-order valence-corrected chi connectivity index (χ2v) is 10.4. The van der Waals surface area contributed by atoms with Crippen LogP contribution in [0.1, 0.15) is 9.67 Å². The molecular formula is C31H27FN4O2S. The molecule has 0 atom stereocenters. The topological polar surface area (TPSA) is 71.7 Å². The number of ether oxygens (including phenoxy) is 1. The Hall–Kier alpha value is -4.43. The Balaban J connectivity index is 1.37. The predicted molar refractivity (Wildman–Crippen MR) is 156 cm³/mol. The maximum absolute atomic E-state index is 14.3. The molecule has 2 N–H and O–H groups in total. The maximum atomic E-state index is 14.3. The van der Waals surface area contributed by atoms with Crippen LogP contribution >= 0.6 is 11.3 Å². The Labute approximate surface area is 230 Å². The van der Waals surface area contributed by atoms with Crippen molar-refractivity contribution in [2.24, 2.45) is 0 Å². The lowest BCUT2D eigenvalue weighted by Gasteiger charge is -2.36. The molecule has 0 unspecified atom stereocenters. The average molecular weight is 539 g/mol. The fraction of sp³-hybridized carbons (Fsp3) is 0.161. The third-order valence-corrected chi connectivity index (χ3v) is 8.21. The zero-order valence-electron chi connectivity index (χ0n) is 21.4. The van der Waals surface area contributed by atoms with Crippen LogP contribution in [0.3, 0.4) is 0 Å². The van der Waals surface area contributed by atoms with E-state index < -0.39 is 0 Å². The number of carbonyl (C=O) groups excluding carboxylic acids is 1. The summed E-state index contributed by atoms with van der Waals surface area (Å²) in [6.45, 7) is 2.06. The number of nitrogen functional groups attached to an aromatic ring is 1. The van der Waals surface area contributed by atoms with Gasteiger partial charge in [0.15, 0.2) is 0 Å². The lowest BCUT2D eigenvalue weighted by atomic mass is 9.99. The van der Waals surface area contributed by atoms with Crippen molar-refractivity contribution in [3.63, 3.8) is 0 Å². The summed E-state index contributed by atoms with van der Waals surface area (Å²) < 4.78 is 19.6. The number of amides is 1. The first-order valence-corrected chi connectivity index (χ1v) is 13.6. The summed E-state index contributed by atoms with van der Waals surface area (Å²) in [6, 6.07) is 26.5. The molecule has 6 rings (SSSR count). The molecule has 3 heterocycles. The molecule has 0 aliphatic carbocycles. The zero-order chi connectivity index (χ0) is 26.9. The van der Waals surface area contributed by atoms with E-state index in [2.05, 4.69) is 0 Å². The van der Waals surface area contributed by atoms with Gasteiger partial charge in [0.25, 0.3) is 5.91 Å². The van der Waals surface area contributed by atoms with Gasteiger partial charge < -0.3 is 20.3 Å². The Bertz CT molecular complexity index is 1650. The molecule has 39 heavy (non-hydrogen) atoms. The molecule has 1 aliphatic heterocycles. The maximum Gasteiger partial charge on any atom is 0.266 e. The number of thiophene rings is 1. The second-order valence-electron chi connectivity index (χ2n) is 9.41. The molecule has 2 aromatic heterocycles. The van der Waals surface area contributed by atoms with Gasteiger partial charge in [-0.15, -0.1) is 11.3 Å². The van der Waals surface area contributed by atoms with Crippen LogP contribution in [0, 0.1) is 5.82 Å². The minimum Gasteiger partial charge on any atom is -0.497 e. The van der Waals surface area contributed by atoms with Gasteiger partial charge in [0.05, 0.1) is 24.2 Å². The number of hydrogen-bond donors (Lipinski definition) is 1. The van der Waals surface area contributed by atoms with E-state index in [0.717, 1.165) is 33.5 Å². The predicted octanol–water partition coefficient (Wildman–Crippen LogP) is 6.32. The molecular weight excluding hydrogens is 511 g/mol. The standard InChI is InChI=1S/C31H27FN4O2S/c1-38-22-13-11-20(12-14-22)23-19-25(21-7-3-2-4-8-21)34-30-27(23)28(33)29(39-30)31(37)36-17-15-35(16-18-36)26-10-6-5-9-24(26)32/h2-14,19H,15-18,33H2,1H3. The van der Waals surface area contributed by atoms with Gasteiger partial charge in [-0.25, -0.2) is 9.37 Å². The number of aromatic nitrogens is 1. The first-order valence-electron chi connectivity index (χ1n) is 12.7. The molecule has 5 aromatic rings. The van der Waals surface area contributed by atoms with Crippen LogP contribution in [0.25, 0.3) is 32.6 Å². The molecule has 1 amide bonds. The number of fused-ring (bicyclic) bond motifs is 1. The zero-order valence-corrected chi connectivity index (χ0v) is 22.2. The number of benzene rings is 3. The van der Waals surface area contributed by atoms with E-state index in [1.165, 1.54) is 17.4 Å². The summed E-state index contributed by atoms with van der Waals surface area (Å²) in [4.78, 5) is 23.6. The van der Waals surface area contributed by atoms with E-state index in [0.29, 0.717) is 47.3 Å². The fourth-order valence-electron chi connectivity index (χ4n) is 5.04. The molecule has 6 nitrogen and oxygen atoms in total. The lowest BCUT2D eigenvalue weighted by Crippen LogP contribution is -2.49. The Morgan fingerprint density at radius 3 is 2.31 bits per heavy atom. The summed E-state index contributed by atoms with van der Waals surface area (Å²) in [6.07, 6.45) is 0. The van der Waals surface area contributed by atoms with E-state index in [-0.39, 0.29) is 11.7 Å². The molecule has 0 saturated carbocycles. The highest BCUT2D eigenvalue weighted by Gasteiger charge is 2.28. The van der Waals surface area contributed by atoms with Crippen molar-refractivity contribution in [2.75, 3.05) is 43.9 Å². The number of rotatable bonds is 5. The number of nitrogens with zero attached hydrogens (tertiary/aromatic N) is 3. The van der Waals surface area contributed by atoms with Gasteiger partial charge in [-0.05, 0) is 41.5 Å². The van der Waals surface area contributed by atoms with Gasteiger partial charge in [0.2, 0.25) is 0 Å². The largest absolute Gasteiger partial charge is 0.497 e. The van der Waals surface area contributed by atoms with Crippen LogP contribution in [-0.4, -0.2) is 49.1 Å². The van der Waals surface area contributed by atoms with Crippen LogP contribution in [0.2, 0.25) is 0 Å². The summed E-state index contributed by atoms with van der Waals surface area (Å²) >= 11 is 1.32. The number of pyridine rings is 1. The average Bonchev–Trinajstić information content (AvgIpc) is 3.33. The van der Waals surface area contributed by atoms with Gasteiger partial charge in [0, 0.05) is 37.1 Å². The van der Waals surface area contributed by atoms with Gasteiger partial charge in [-0.3, -0.25) is 4.79 Å². The smallest absolute Gasteiger partial charge is 0.266 e. The summed E-state index contributed by atoms with van der Waals surface area (Å²) in [5, 5.41) is 0.776. The second kappa shape index (κ2) is 10.4. The normalized spacial score (nSPS) is 13.6. The fourth-order valence-corrected chi connectivity index (χ4v) is 6.12. The summed E-state index contributed by atoms with van der Waals surface area (Å²) in [7, 11) is 1.64. The molecule has 3 aromatic carbocycles. The van der Waals surface area contributed by atoms with E-state index in [1.54, 1.807) is 24.1 Å². The summed E-state index contributed by atoms with van der Waals surface area (Å²) in [5.41, 5.74) is 11.4. The molecule has 196 valence electrons. The van der Waals surface area contributed by atoms with Crippen molar-refractivity contribution < 1.29 is 13.9 Å². The molecule has 1 fully saturated rings. The van der Waals surface area contributed by atoms with Crippen LogP contribution in [-0.2, 0) is 0 Å². The van der Waals surface area contributed by atoms with Gasteiger partial charge in [0.1, 0.15) is 21.3 Å². The van der Waals surface area contributed by atoms with Crippen molar-refractivity contribution in [3.05, 3.63) is 95.6 Å². The van der Waals surface area contributed by atoms with Crippen LogP contribution in [0.15, 0.2) is 84.9 Å². The number of nitrogens with two attached hydrogens (primary N) is 1. The molecule has 1 aliphatic rings. The highest BCUT2D eigenvalue weighted by Crippen LogP contribution is 2.42. The van der Waals surface area contributed by atoms with E-state index in [4.69, 9.17) is 15.5 Å².